The minimum absolute atomic E-state index is 0.0270. The molecular formula is C24H33ClN2O7S. The van der Waals surface area contributed by atoms with E-state index in [1.807, 2.05) is 0 Å². The van der Waals surface area contributed by atoms with Crippen LogP contribution in [0.15, 0.2) is 23.2 Å². The van der Waals surface area contributed by atoms with E-state index in [1.165, 1.54) is 32.0 Å². The van der Waals surface area contributed by atoms with E-state index in [0.29, 0.717) is 10.4 Å². The van der Waals surface area contributed by atoms with Gasteiger partial charge in [-0.1, -0.05) is 11.6 Å². The molecule has 0 saturated heterocycles. The number of Topliss-reactive ketones (excluding diaryl/α,β-unsaturated/α-hetero) is 1. The SMILES string of the molecule is CC(=O)CNCc1c(S(=O)(=O)C(C)C(=O)OC(C)(C)C)n(C(=O)OC(C)(C)C)c2ccc(Cl)cc12. The number of esters is 1. The highest BCUT2D eigenvalue weighted by atomic mass is 35.5. The average Bonchev–Trinajstić information content (AvgIpc) is 2.99. The number of ketones is 1. The molecule has 2 rings (SSSR count). The highest BCUT2D eigenvalue weighted by Crippen LogP contribution is 2.35. The van der Waals surface area contributed by atoms with Gasteiger partial charge in [-0.15, -0.1) is 0 Å². The minimum atomic E-state index is -4.48. The molecule has 194 valence electrons. The Hall–Kier alpha value is -2.43. The number of aromatic nitrogens is 1. The van der Waals surface area contributed by atoms with Crippen LogP contribution in [-0.2, 0) is 35.4 Å². The van der Waals surface area contributed by atoms with Crippen molar-refractivity contribution in [3.05, 3.63) is 28.8 Å². The molecule has 1 atom stereocenters. The molecule has 9 nitrogen and oxygen atoms in total. The number of carbonyl (C=O) groups is 3. The number of sulfone groups is 1. The highest BCUT2D eigenvalue weighted by molar-refractivity contribution is 7.92. The molecule has 0 saturated carbocycles. The molecule has 0 fully saturated rings. The van der Waals surface area contributed by atoms with E-state index in [4.69, 9.17) is 21.1 Å². The summed E-state index contributed by atoms with van der Waals surface area (Å²) in [7, 11) is -4.48. The molecule has 2 aromatic rings. The second-order valence-electron chi connectivity index (χ2n) is 10.3. The fourth-order valence-electron chi connectivity index (χ4n) is 3.31. The Bertz CT molecular complexity index is 1250. The lowest BCUT2D eigenvalue weighted by molar-refractivity contribution is -0.153. The van der Waals surface area contributed by atoms with Crippen LogP contribution in [0.2, 0.25) is 5.02 Å². The molecule has 11 heteroatoms. The van der Waals surface area contributed by atoms with E-state index in [2.05, 4.69) is 5.32 Å². The Labute approximate surface area is 211 Å². The average molecular weight is 529 g/mol. The summed E-state index contributed by atoms with van der Waals surface area (Å²) in [6.07, 6.45) is -0.933. The lowest BCUT2D eigenvalue weighted by atomic mass is 10.2. The molecule has 0 aliphatic rings. The first-order valence-electron chi connectivity index (χ1n) is 11.1. The molecule has 0 radical (unpaired) electrons. The van der Waals surface area contributed by atoms with Gasteiger partial charge in [0.2, 0.25) is 9.84 Å². The zero-order valence-electron chi connectivity index (χ0n) is 21.3. The van der Waals surface area contributed by atoms with Crippen molar-refractivity contribution in [2.75, 3.05) is 6.54 Å². The predicted molar refractivity (Wildman–Crippen MR) is 133 cm³/mol. The van der Waals surface area contributed by atoms with Gasteiger partial charge in [-0.05, 0) is 73.6 Å². The summed E-state index contributed by atoms with van der Waals surface area (Å²) in [6.45, 7) is 12.3. The Balaban J connectivity index is 2.85. The van der Waals surface area contributed by atoms with Gasteiger partial charge in [0, 0.05) is 22.5 Å². The summed E-state index contributed by atoms with van der Waals surface area (Å²) in [6, 6.07) is 4.55. The zero-order valence-corrected chi connectivity index (χ0v) is 22.9. The number of halogens is 1. The van der Waals surface area contributed by atoms with E-state index in [-0.39, 0.29) is 30.0 Å². The number of nitrogens with one attached hydrogen (secondary N) is 1. The number of ether oxygens (including phenoxy) is 2. The molecule has 1 N–H and O–H groups in total. The predicted octanol–water partition coefficient (Wildman–Crippen LogP) is 4.26. The van der Waals surface area contributed by atoms with Crippen LogP contribution >= 0.6 is 11.6 Å². The first kappa shape index (κ1) is 28.8. The minimum Gasteiger partial charge on any atom is -0.459 e. The lowest BCUT2D eigenvalue weighted by Gasteiger charge is -2.24. The third-order valence-electron chi connectivity index (χ3n) is 4.71. The zero-order chi connectivity index (χ0) is 26.9. The molecule has 1 aromatic carbocycles. The smallest absolute Gasteiger partial charge is 0.420 e. The van der Waals surface area contributed by atoms with Crippen molar-refractivity contribution in [1.82, 2.24) is 9.88 Å². The molecule has 0 amide bonds. The van der Waals surface area contributed by atoms with Crippen molar-refractivity contribution < 1.29 is 32.3 Å². The largest absolute Gasteiger partial charge is 0.459 e. The molecule has 35 heavy (non-hydrogen) atoms. The van der Waals surface area contributed by atoms with E-state index in [9.17, 15) is 22.8 Å². The molecule has 0 spiro atoms. The van der Waals surface area contributed by atoms with Gasteiger partial charge < -0.3 is 14.8 Å². The summed E-state index contributed by atoms with van der Waals surface area (Å²) in [4.78, 5) is 37.6. The van der Waals surface area contributed by atoms with E-state index in [1.54, 1.807) is 41.5 Å². The highest BCUT2D eigenvalue weighted by Gasteiger charge is 2.40. The van der Waals surface area contributed by atoms with Gasteiger partial charge in [-0.2, -0.15) is 0 Å². The Kier molecular flexibility index (Phi) is 8.46. The molecule has 1 unspecified atom stereocenters. The maximum atomic E-state index is 13.9. The van der Waals surface area contributed by atoms with Crippen LogP contribution in [0.25, 0.3) is 10.9 Å². The van der Waals surface area contributed by atoms with E-state index >= 15 is 0 Å². The van der Waals surface area contributed by atoms with Gasteiger partial charge >= 0.3 is 12.1 Å². The second-order valence-corrected chi connectivity index (χ2v) is 12.9. The summed E-state index contributed by atoms with van der Waals surface area (Å²) in [5.74, 6) is -1.12. The number of rotatable bonds is 7. The Morgan fingerprint density at radius 3 is 2.14 bits per heavy atom. The number of fused-ring (bicyclic) bond motifs is 1. The number of benzene rings is 1. The monoisotopic (exact) mass is 528 g/mol. The van der Waals surface area contributed by atoms with Crippen LogP contribution in [0.3, 0.4) is 0 Å². The fourth-order valence-corrected chi connectivity index (χ4v) is 5.07. The van der Waals surface area contributed by atoms with Gasteiger partial charge in [-0.3, -0.25) is 9.59 Å². The summed E-state index contributed by atoms with van der Waals surface area (Å²) in [5.41, 5.74) is -1.42. The van der Waals surface area contributed by atoms with Gasteiger partial charge in [-0.25, -0.2) is 17.8 Å². The Morgan fingerprint density at radius 1 is 1.06 bits per heavy atom. The van der Waals surface area contributed by atoms with Gasteiger partial charge in [0.15, 0.2) is 10.3 Å². The maximum Gasteiger partial charge on any atom is 0.420 e. The van der Waals surface area contributed by atoms with Crippen molar-refractivity contribution in [3.63, 3.8) is 0 Å². The second kappa shape index (κ2) is 10.3. The van der Waals surface area contributed by atoms with Gasteiger partial charge in [0.1, 0.15) is 17.0 Å². The third-order valence-corrected chi connectivity index (χ3v) is 7.04. The first-order chi connectivity index (χ1) is 15.8. The van der Waals surface area contributed by atoms with E-state index < -0.39 is 43.4 Å². The van der Waals surface area contributed by atoms with Crippen LogP contribution in [-0.4, -0.2) is 53.8 Å². The molecular weight excluding hydrogens is 496 g/mol. The lowest BCUT2D eigenvalue weighted by Crippen LogP contribution is -2.37. The molecule has 1 aromatic heterocycles. The quantitative estimate of drug-likeness (QED) is 0.529. The van der Waals surface area contributed by atoms with Crippen molar-refractivity contribution in [2.45, 2.75) is 83.4 Å². The number of carbonyl (C=O) groups excluding carboxylic acids is 3. The van der Waals surface area contributed by atoms with Crippen LogP contribution in [0.5, 0.6) is 0 Å². The van der Waals surface area contributed by atoms with Crippen LogP contribution < -0.4 is 5.32 Å². The number of hydrogen-bond acceptors (Lipinski definition) is 8. The third kappa shape index (κ3) is 7.05. The summed E-state index contributed by atoms with van der Waals surface area (Å²) < 4.78 is 39.5. The summed E-state index contributed by atoms with van der Waals surface area (Å²) in [5, 5.41) is 1.53. The van der Waals surface area contributed by atoms with Crippen molar-refractivity contribution >= 4 is 50.2 Å². The molecule has 0 aliphatic heterocycles. The van der Waals surface area contributed by atoms with Crippen molar-refractivity contribution in [3.8, 4) is 0 Å². The van der Waals surface area contributed by atoms with Crippen LogP contribution in [0, 0.1) is 0 Å². The van der Waals surface area contributed by atoms with Crippen molar-refractivity contribution in [1.29, 1.82) is 0 Å². The van der Waals surface area contributed by atoms with Gasteiger partial charge in [0.05, 0.1) is 12.1 Å². The van der Waals surface area contributed by atoms with Crippen molar-refractivity contribution in [2.24, 2.45) is 0 Å². The van der Waals surface area contributed by atoms with Gasteiger partial charge in [0.25, 0.3) is 0 Å². The molecule has 1 heterocycles. The first-order valence-corrected chi connectivity index (χ1v) is 13.0. The summed E-state index contributed by atoms with van der Waals surface area (Å²) >= 11 is 6.20. The number of hydrogen-bond donors (Lipinski definition) is 1. The fraction of sp³-hybridized carbons (Fsp3) is 0.542. The Morgan fingerprint density at radius 2 is 1.63 bits per heavy atom. The normalized spacial score (nSPS) is 13.5. The maximum absolute atomic E-state index is 13.9. The van der Waals surface area contributed by atoms with E-state index in [0.717, 1.165) is 4.57 Å². The number of nitrogens with zero attached hydrogens (tertiary/aromatic N) is 1. The standard InChI is InChI=1S/C24H33ClN2O7S/c1-14(28)12-26-13-18-17-11-16(25)9-10-19(17)27(22(30)34-24(6,7)8)20(18)35(31,32)15(2)21(29)33-23(3,4)5/h9-11,15,26H,12-13H2,1-8H3. The molecule has 0 aliphatic carbocycles. The topological polar surface area (TPSA) is 121 Å². The molecule has 0 bridgehead atoms. The van der Waals surface area contributed by atoms with Crippen LogP contribution in [0.1, 0.15) is 61.0 Å². The van der Waals surface area contributed by atoms with Crippen LogP contribution in [0.4, 0.5) is 4.79 Å².